The smallest absolute Gasteiger partial charge is 0.309 e. The van der Waals surface area contributed by atoms with E-state index in [4.69, 9.17) is 9.47 Å². The molecule has 0 saturated heterocycles. The van der Waals surface area contributed by atoms with Crippen LogP contribution in [0.3, 0.4) is 0 Å². The number of aliphatic hydroxyl groups is 1. The second-order valence-electron chi connectivity index (χ2n) is 7.64. The van der Waals surface area contributed by atoms with Crippen molar-refractivity contribution in [2.45, 2.75) is 64.8 Å². The molecule has 1 aromatic rings. The summed E-state index contributed by atoms with van der Waals surface area (Å²) in [7, 11) is 0. The van der Waals surface area contributed by atoms with Crippen LogP contribution in [-0.2, 0) is 20.9 Å². The van der Waals surface area contributed by atoms with Gasteiger partial charge in [-0.05, 0) is 57.9 Å². The van der Waals surface area contributed by atoms with Gasteiger partial charge in [-0.15, -0.1) is 0 Å². The summed E-state index contributed by atoms with van der Waals surface area (Å²) in [5, 5.41) is 10.2. The van der Waals surface area contributed by atoms with E-state index >= 15 is 0 Å². The van der Waals surface area contributed by atoms with E-state index < -0.39 is 11.7 Å². The lowest BCUT2D eigenvalue weighted by Crippen LogP contribution is -2.26. The Morgan fingerprint density at radius 2 is 1.96 bits per heavy atom. The molecule has 134 valence electrons. The van der Waals surface area contributed by atoms with Crippen LogP contribution in [0.15, 0.2) is 30.3 Å². The van der Waals surface area contributed by atoms with Gasteiger partial charge >= 0.3 is 5.97 Å². The van der Waals surface area contributed by atoms with Crippen LogP contribution >= 0.6 is 0 Å². The number of carbonyl (C=O) groups excluding carboxylic acids is 1. The molecule has 1 saturated carbocycles. The zero-order valence-corrected chi connectivity index (χ0v) is 15.0. The van der Waals surface area contributed by atoms with Crippen molar-refractivity contribution < 1.29 is 19.4 Å². The third-order valence-corrected chi connectivity index (χ3v) is 4.19. The molecule has 0 bridgehead atoms. The molecule has 1 aromatic carbocycles. The number of esters is 1. The van der Waals surface area contributed by atoms with Crippen LogP contribution in [0.2, 0.25) is 0 Å². The van der Waals surface area contributed by atoms with Crippen LogP contribution < -0.4 is 0 Å². The zero-order valence-electron chi connectivity index (χ0n) is 15.0. The second kappa shape index (κ2) is 8.63. The average molecular weight is 334 g/mol. The molecule has 0 unspecified atom stereocenters. The normalized spacial score (nSPS) is 21.3. The van der Waals surface area contributed by atoms with Crippen molar-refractivity contribution in [3.63, 3.8) is 0 Å². The lowest BCUT2D eigenvalue weighted by molar-refractivity contribution is -0.157. The van der Waals surface area contributed by atoms with E-state index in [9.17, 15) is 9.90 Å². The SMILES string of the molecule is CC(C)(C)OC(=O)[C@H]1C[C@@H]1[C@H](O)CCCCOCc1ccccc1. The summed E-state index contributed by atoms with van der Waals surface area (Å²) in [4.78, 5) is 11.9. The molecule has 1 fully saturated rings. The van der Waals surface area contributed by atoms with Crippen molar-refractivity contribution >= 4 is 5.97 Å². The van der Waals surface area contributed by atoms with Gasteiger partial charge in [0.2, 0.25) is 0 Å². The predicted molar refractivity (Wildman–Crippen MR) is 93.4 cm³/mol. The Balaban J connectivity index is 1.53. The van der Waals surface area contributed by atoms with Crippen LogP contribution in [0, 0.1) is 11.8 Å². The fourth-order valence-corrected chi connectivity index (χ4v) is 2.82. The Morgan fingerprint density at radius 3 is 2.62 bits per heavy atom. The summed E-state index contributed by atoms with van der Waals surface area (Å²) >= 11 is 0. The number of benzene rings is 1. The van der Waals surface area contributed by atoms with Crippen LogP contribution in [-0.4, -0.2) is 29.4 Å². The highest BCUT2D eigenvalue weighted by Crippen LogP contribution is 2.44. The van der Waals surface area contributed by atoms with E-state index in [1.54, 1.807) is 0 Å². The Hall–Kier alpha value is -1.39. The Labute approximate surface area is 145 Å². The molecule has 0 heterocycles. The maximum absolute atomic E-state index is 11.9. The molecular weight excluding hydrogens is 304 g/mol. The minimum atomic E-state index is -0.453. The molecule has 2 rings (SSSR count). The van der Waals surface area contributed by atoms with E-state index in [-0.39, 0.29) is 17.8 Å². The molecule has 0 aliphatic heterocycles. The fraction of sp³-hybridized carbons (Fsp3) is 0.650. The molecule has 4 nitrogen and oxygen atoms in total. The molecule has 0 spiro atoms. The maximum atomic E-state index is 11.9. The standard InChI is InChI=1S/C20H30O4/c1-20(2,3)24-19(22)17-13-16(17)18(21)11-7-8-12-23-14-15-9-5-4-6-10-15/h4-6,9-10,16-18,21H,7-8,11-14H2,1-3H3/t16-,17-,18+/m0/s1. The van der Waals surface area contributed by atoms with Gasteiger partial charge in [-0.2, -0.15) is 0 Å². The minimum absolute atomic E-state index is 0.0742. The molecule has 24 heavy (non-hydrogen) atoms. The second-order valence-corrected chi connectivity index (χ2v) is 7.64. The summed E-state index contributed by atoms with van der Waals surface area (Å²) in [6.07, 6.45) is 2.90. The first-order valence-electron chi connectivity index (χ1n) is 8.89. The van der Waals surface area contributed by atoms with Gasteiger partial charge in [0.05, 0.1) is 18.6 Å². The highest BCUT2D eigenvalue weighted by molar-refractivity contribution is 5.76. The highest BCUT2D eigenvalue weighted by Gasteiger charge is 2.48. The molecule has 1 N–H and O–H groups in total. The van der Waals surface area contributed by atoms with E-state index in [1.807, 2.05) is 51.1 Å². The summed E-state index contributed by atoms with van der Waals surface area (Å²) in [6.45, 7) is 6.94. The van der Waals surface area contributed by atoms with Crippen LogP contribution in [0.4, 0.5) is 0 Å². The first kappa shape index (κ1) is 18.9. The molecule has 0 amide bonds. The molecule has 1 aliphatic rings. The van der Waals surface area contributed by atoms with Crippen molar-refractivity contribution in [3.8, 4) is 0 Å². The molecule has 4 heteroatoms. The lowest BCUT2D eigenvalue weighted by atomic mass is 10.1. The topological polar surface area (TPSA) is 55.8 Å². The highest BCUT2D eigenvalue weighted by atomic mass is 16.6. The number of hydrogen-bond donors (Lipinski definition) is 1. The third kappa shape index (κ3) is 6.62. The maximum Gasteiger partial charge on any atom is 0.309 e. The average Bonchev–Trinajstić information content (AvgIpc) is 3.30. The van der Waals surface area contributed by atoms with Gasteiger partial charge in [0, 0.05) is 6.61 Å². The van der Waals surface area contributed by atoms with E-state index in [2.05, 4.69) is 0 Å². The van der Waals surface area contributed by atoms with Gasteiger partial charge in [-0.25, -0.2) is 0 Å². The molecule has 3 atom stereocenters. The van der Waals surface area contributed by atoms with Crippen molar-refractivity contribution in [3.05, 3.63) is 35.9 Å². The Bertz CT molecular complexity index is 506. The van der Waals surface area contributed by atoms with Crippen molar-refractivity contribution in [2.24, 2.45) is 11.8 Å². The fourth-order valence-electron chi connectivity index (χ4n) is 2.82. The monoisotopic (exact) mass is 334 g/mol. The van der Waals surface area contributed by atoms with Gasteiger partial charge in [0.1, 0.15) is 5.60 Å². The summed E-state index contributed by atoms with van der Waals surface area (Å²) in [5.41, 5.74) is 0.723. The molecule has 1 aliphatic carbocycles. The van der Waals surface area contributed by atoms with Gasteiger partial charge in [0.15, 0.2) is 0 Å². The van der Waals surface area contributed by atoms with Gasteiger partial charge in [-0.3, -0.25) is 4.79 Å². The number of aliphatic hydroxyl groups excluding tert-OH is 1. The zero-order chi connectivity index (χ0) is 17.6. The van der Waals surface area contributed by atoms with Crippen LogP contribution in [0.1, 0.15) is 52.0 Å². The number of rotatable bonds is 9. The van der Waals surface area contributed by atoms with Crippen molar-refractivity contribution in [1.82, 2.24) is 0 Å². The quantitative estimate of drug-likeness (QED) is 0.552. The minimum Gasteiger partial charge on any atom is -0.460 e. The van der Waals surface area contributed by atoms with Crippen LogP contribution in [0.25, 0.3) is 0 Å². The van der Waals surface area contributed by atoms with Gasteiger partial charge in [0.25, 0.3) is 0 Å². The lowest BCUT2D eigenvalue weighted by Gasteiger charge is -2.20. The molecular formula is C20H30O4. The summed E-state index contributed by atoms with van der Waals surface area (Å²) in [6, 6.07) is 10.1. The molecule has 0 radical (unpaired) electrons. The van der Waals surface area contributed by atoms with E-state index in [0.29, 0.717) is 13.2 Å². The Kier molecular flexibility index (Phi) is 6.81. The van der Waals surface area contributed by atoms with Crippen molar-refractivity contribution in [2.75, 3.05) is 6.61 Å². The number of hydrogen-bond acceptors (Lipinski definition) is 4. The van der Waals surface area contributed by atoms with Gasteiger partial charge < -0.3 is 14.6 Å². The van der Waals surface area contributed by atoms with E-state index in [0.717, 1.165) is 25.7 Å². The molecule has 0 aromatic heterocycles. The number of carbonyl (C=O) groups is 1. The summed E-state index contributed by atoms with van der Waals surface area (Å²) < 4.78 is 11.0. The largest absolute Gasteiger partial charge is 0.460 e. The predicted octanol–water partition coefficient (Wildman–Crippen LogP) is 3.71. The number of unbranched alkanes of at least 4 members (excludes halogenated alkanes) is 1. The van der Waals surface area contributed by atoms with E-state index in [1.165, 1.54) is 5.56 Å². The Morgan fingerprint density at radius 1 is 1.25 bits per heavy atom. The van der Waals surface area contributed by atoms with Gasteiger partial charge in [-0.1, -0.05) is 30.3 Å². The first-order chi connectivity index (χ1) is 11.4. The number of ether oxygens (including phenoxy) is 2. The van der Waals surface area contributed by atoms with Crippen molar-refractivity contribution in [1.29, 1.82) is 0 Å². The third-order valence-electron chi connectivity index (χ3n) is 4.19. The van der Waals surface area contributed by atoms with Crippen LogP contribution in [0.5, 0.6) is 0 Å². The first-order valence-corrected chi connectivity index (χ1v) is 8.89. The summed E-state index contributed by atoms with van der Waals surface area (Å²) in [5.74, 6) is -0.212.